The molecule has 1 aromatic heterocycles. The number of carbonyl (C=O) groups is 2. The van der Waals surface area contributed by atoms with E-state index in [-0.39, 0.29) is 11.8 Å². The summed E-state index contributed by atoms with van der Waals surface area (Å²) in [6.07, 6.45) is 10.2. The number of amides is 2. The highest BCUT2D eigenvalue weighted by molar-refractivity contribution is 5.94. The molecule has 186 valence electrons. The third kappa shape index (κ3) is 7.18. The number of benzene rings is 1. The molecule has 2 heterocycles. The first-order valence-electron chi connectivity index (χ1n) is 13.0. The van der Waals surface area contributed by atoms with Gasteiger partial charge in [-0.15, -0.1) is 0 Å². The van der Waals surface area contributed by atoms with E-state index in [1.807, 2.05) is 40.4 Å². The number of rotatable bonds is 6. The monoisotopic (exact) mass is 466 g/mol. The van der Waals surface area contributed by atoms with Crippen molar-refractivity contribution in [2.75, 3.05) is 18.0 Å². The molecule has 0 bridgehead atoms. The molecule has 2 amide bonds. The zero-order valence-corrected chi connectivity index (χ0v) is 21.5. The van der Waals surface area contributed by atoms with Gasteiger partial charge < -0.3 is 14.4 Å². The Bertz CT molecular complexity index is 934. The number of carbonyl (C=O) groups excluding carboxylic acids is 2. The summed E-state index contributed by atoms with van der Waals surface area (Å²) < 4.78 is 2.10. The maximum absolute atomic E-state index is 13.4. The van der Waals surface area contributed by atoms with E-state index < -0.39 is 0 Å². The second-order valence-corrected chi connectivity index (χ2v) is 10.2. The third-order valence-electron chi connectivity index (χ3n) is 6.52. The van der Waals surface area contributed by atoms with E-state index in [1.54, 1.807) is 0 Å². The van der Waals surface area contributed by atoms with Crippen molar-refractivity contribution >= 4 is 17.5 Å². The first kappa shape index (κ1) is 26.0. The number of nitrogens with zero attached hydrogens (tertiary/aromatic N) is 4. The lowest BCUT2D eigenvalue weighted by molar-refractivity contribution is -0.132. The smallest absolute Gasteiger partial charge is 0.227 e. The number of aromatic nitrogens is 2. The van der Waals surface area contributed by atoms with Gasteiger partial charge in [-0.3, -0.25) is 9.59 Å². The van der Waals surface area contributed by atoms with Crippen LogP contribution in [0.5, 0.6) is 0 Å². The molecule has 6 heteroatoms. The molecular formula is C28H42N4O2. The molecule has 0 spiro atoms. The zero-order valence-electron chi connectivity index (χ0n) is 21.5. The molecule has 34 heavy (non-hydrogen) atoms. The summed E-state index contributed by atoms with van der Waals surface area (Å²) in [5.74, 6) is 2.01. The Morgan fingerprint density at radius 3 is 2.38 bits per heavy atom. The summed E-state index contributed by atoms with van der Waals surface area (Å²) in [6, 6.07) is 8.13. The largest absolute Gasteiger partial charge is 0.338 e. The van der Waals surface area contributed by atoms with Crippen molar-refractivity contribution in [3.63, 3.8) is 0 Å². The van der Waals surface area contributed by atoms with Crippen LogP contribution in [0.25, 0.3) is 0 Å². The first-order chi connectivity index (χ1) is 16.4. The van der Waals surface area contributed by atoms with Crippen LogP contribution in [0.4, 0.5) is 5.69 Å². The van der Waals surface area contributed by atoms with Gasteiger partial charge in [0.15, 0.2) is 0 Å². The van der Waals surface area contributed by atoms with E-state index in [9.17, 15) is 9.59 Å². The van der Waals surface area contributed by atoms with Crippen LogP contribution >= 0.6 is 0 Å². The van der Waals surface area contributed by atoms with Crippen molar-refractivity contribution in [3.05, 3.63) is 48.0 Å². The Hall–Kier alpha value is -2.63. The molecule has 0 saturated heterocycles. The minimum absolute atomic E-state index is 0.162. The van der Waals surface area contributed by atoms with Gasteiger partial charge in [-0.05, 0) is 30.4 Å². The molecule has 0 atom stereocenters. The average Bonchev–Trinajstić information content (AvgIpc) is 3.26. The number of hydrogen-bond donors (Lipinski definition) is 0. The third-order valence-corrected chi connectivity index (χ3v) is 6.52. The molecule has 3 rings (SSSR count). The molecule has 2 aromatic rings. The molecular weight excluding hydrogens is 424 g/mol. The molecule has 0 aliphatic carbocycles. The highest BCUT2D eigenvalue weighted by Gasteiger charge is 2.22. The Kier molecular flexibility index (Phi) is 9.73. The van der Waals surface area contributed by atoms with Crippen LogP contribution in [0.15, 0.2) is 36.7 Å². The molecule has 0 saturated carbocycles. The predicted octanol–water partition coefficient (Wildman–Crippen LogP) is 5.77. The number of aryl methyl sites for hydroxylation is 1. The minimum atomic E-state index is 0.162. The minimum Gasteiger partial charge on any atom is -0.338 e. The summed E-state index contributed by atoms with van der Waals surface area (Å²) in [5, 5.41) is 0. The van der Waals surface area contributed by atoms with Gasteiger partial charge >= 0.3 is 0 Å². The maximum Gasteiger partial charge on any atom is 0.227 e. The van der Waals surface area contributed by atoms with Crippen molar-refractivity contribution < 1.29 is 9.59 Å². The van der Waals surface area contributed by atoms with E-state index in [0.29, 0.717) is 37.8 Å². The zero-order chi connectivity index (χ0) is 24.5. The number of anilines is 1. The second-order valence-electron chi connectivity index (χ2n) is 10.2. The Balaban J connectivity index is 1.81. The van der Waals surface area contributed by atoms with E-state index in [1.165, 1.54) is 0 Å². The maximum atomic E-state index is 13.4. The number of imidazole rings is 1. The fourth-order valence-electron chi connectivity index (χ4n) is 4.73. The van der Waals surface area contributed by atoms with Crippen molar-refractivity contribution in [1.29, 1.82) is 0 Å². The van der Waals surface area contributed by atoms with Crippen LogP contribution in [0.3, 0.4) is 0 Å². The predicted molar refractivity (Wildman–Crippen MR) is 138 cm³/mol. The van der Waals surface area contributed by atoms with Gasteiger partial charge in [0.2, 0.25) is 11.8 Å². The van der Waals surface area contributed by atoms with Crippen LogP contribution < -0.4 is 4.90 Å². The summed E-state index contributed by atoms with van der Waals surface area (Å²) in [5.41, 5.74) is 2.02. The van der Waals surface area contributed by atoms with Crippen LogP contribution in [-0.4, -0.2) is 39.4 Å². The molecule has 1 aliphatic heterocycles. The Morgan fingerprint density at radius 1 is 0.941 bits per heavy atom. The normalized spacial score (nSPS) is 15.7. The summed E-state index contributed by atoms with van der Waals surface area (Å²) in [6.45, 7) is 11.1. The quantitative estimate of drug-likeness (QED) is 0.543. The van der Waals surface area contributed by atoms with Crippen molar-refractivity contribution in [2.24, 2.45) is 5.92 Å². The van der Waals surface area contributed by atoms with Crippen LogP contribution in [0, 0.1) is 5.92 Å². The first-order valence-corrected chi connectivity index (χ1v) is 13.0. The Labute approximate surface area is 205 Å². The number of para-hydroxylation sites is 1. The molecule has 0 fully saturated rings. The summed E-state index contributed by atoms with van der Waals surface area (Å²) >= 11 is 0. The van der Waals surface area contributed by atoms with Crippen molar-refractivity contribution in [2.45, 2.75) is 91.6 Å². The highest BCUT2D eigenvalue weighted by Crippen LogP contribution is 2.26. The van der Waals surface area contributed by atoms with Gasteiger partial charge in [-0.1, -0.05) is 65.2 Å². The van der Waals surface area contributed by atoms with E-state index in [0.717, 1.165) is 62.3 Å². The number of fused-ring (bicyclic) bond motifs is 1. The molecule has 0 N–H and O–H groups in total. The average molecular weight is 467 g/mol. The SMILES string of the molecule is CC(C)CC(=O)N1CCCCCCCN(C(=O)CCn2ccnc2C(C)C)Cc2ccccc21. The molecule has 0 radical (unpaired) electrons. The lowest BCUT2D eigenvalue weighted by atomic mass is 10.0. The number of hydrogen-bond acceptors (Lipinski definition) is 3. The summed E-state index contributed by atoms with van der Waals surface area (Å²) in [4.78, 5) is 35.0. The second kappa shape index (κ2) is 12.7. The molecule has 6 nitrogen and oxygen atoms in total. The standard InChI is InChI=1S/C28H42N4O2/c1-22(2)20-27(34)32-17-11-7-5-6-10-16-31(21-24-12-8-9-13-25(24)32)26(33)14-18-30-19-15-29-28(30)23(3)4/h8-9,12-13,15,19,22-23H,5-7,10-11,14,16-18,20-21H2,1-4H3. The van der Waals surface area contributed by atoms with Gasteiger partial charge in [0, 0.05) is 63.0 Å². The lowest BCUT2D eigenvalue weighted by Crippen LogP contribution is -2.36. The fraction of sp³-hybridized carbons (Fsp3) is 0.607. The van der Waals surface area contributed by atoms with Gasteiger partial charge in [0.25, 0.3) is 0 Å². The van der Waals surface area contributed by atoms with Crippen LogP contribution in [0.1, 0.15) is 89.9 Å². The molecule has 1 aliphatic rings. The highest BCUT2D eigenvalue weighted by atomic mass is 16.2. The van der Waals surface area contributed by atoms with E-state index >= 15 is 0 Å². The summed E-state index contributed by atoms with van der Waals surface area (Å²) in [7, 11) is 0. The van der Waals surface area contributed by atoms with Gasteiger partial charge in [0.05, 0.1) is 0 Å². The molecule has 1 aromatic carbocycles. The molecule has 0 unspecified atom stereocenters. The van der Waals surface area contributed by atoms with Crippen molar-refractivity contribution in [3.8, 4) is 0 Å². The van der Waals surface area contributed by atoms with Gasteiger partial charge in [-0.25, -0.2) is 4.98 Å². The van der Waals surface area contributed by atoms with Gasteiger partial charge in [-0.2, -0.15) is 0 Å². The van der Waals surface area contributed by atoms with Gasteiger partial charge in [0.1, 0.15) is 5.82 Å². The topological polar surface area (TPSA) is 58.4 Å². The van der Waals surface area contributed by atoms with E-state index in [2.05, 4.69) is 43.3 Å². The van der Waals surface area contributed by atoms with Crippen LogP contribution in [-0.2, 0) is 22.7 Å². The van der Waals surface area contributed by atoms with E-state index in [4.69, 9.17) is 0 Å². The van der Waals surface area contributed by atoms with Crippen molar-refractivity contribution in [1.82, 2.24) is 14.5 Å². The lowest BCUT2D eigenvalue weighted by Gasteiger charge is -2.30. The van der Waals surface area contributed by atoms with Crippen LogP contribution in [0.2, 0.25) is 0 Å². The fourth-order valence-corrected chi connectivity index (χ4v) is 4.73. The Morgan fingerprint density at radius 2 is 1.65 bits per heavy atom.